The Morgan fingerprint density at radius 1 is 1.24 bits per heavy atom. The Morgan fingerprint density at radius 3 is 2.81 bits per heavy atom. The van der Waals surface area contributed by atoms with Gasteiger partial charge in [-0.3, -0.25) is 4.98 Å². The van der Waals surface area contributed by atoms with E-state index < -0.39 is 0 Å². The highest BCUT2D eigenvalue weighted by atomic mass is 16.5. The van der Waals surface area contributed by atoms with Gasteiger partial charge in [-0.25, -0.2) is 0 Å². The van der Waals surface area contributed by atoms with Gasteiger partial charge in [0.05, 0.1) is 25.3 Å². The molecule has 2 aromatic rings. The Morgan fingerprint density at radius 2 is 2.05 bits per heavy atom. The highest BCUT2D eigenvalue weighted by Crippen LogP contribution is 2.33. The average molecular weight is 283 g/mol. The van der Waals surface area contributed by atoms with Gasteiger partial charge in [0.2, 0.25) is 0 Å². The standard InChI is InChI=1S/C18H21NO2/c1-11-10-21-13(3)8-15(11)14-5-6-17-16(9-14)18(20-4)7-12(2)19-17/h5-7,9,13H,8,10H2,1-4H3. The predicted molar refractivity (Wildman–Crippen MR) is 85.7 cm³/mol. The molecule has 1 aromatic carbocycles. The van der Waals surface area contributed by atoms with E-state index in [1.54, 1.807) is 7.11 Å². The van der Waals surface area contributed by atoms with E-state index in [9.17, 15) is 0 Å². The number of nitrogens with zero attached hydrogens (tertiary/aromatic N) is 1. The molecule has 1 aliphatic rings. The summed E-state index contributed by atoms with van der Waals surface area (Å²) in [4.78, 5) is 4.58. The predicted octanol–water partition coefficient (Wildman–Crippen LogP) is 4.13. The Labute approximate surface area is 125 Å². The maximum Gasteiger partial charge on any atom is 0.130 e. The second-order valence-electron chi connectivity index (χ2n) is 5.78. The van der Waals surface area contributed by atoms with Gasteiger partial charge in [0.15, 0.2) is 0 Å². The number of aryl methyl sites for hydroxylation is 1. The summed E-state index contributed by atoms with van der Waals surface area (Å²) in [6.07, 6.45) is 1.23. The molecular weight excluding hydrogens is 262 g/mol. The fraction of sp³-hybridized carbons (Fsp3) is 0.389. The van der Waals surface area contributed by atoms with Crippen molar-refractivity contribution in [1.29, 1.82) is 0 Å². The maximum atomic E-state index is 5.69. The van der Waals surface area contributed by atoms with Gasteiger partial charge in [-0.1, -0.05) is 6.07 Å². The number of aromatic nitrogens is 1. The van der Waals surface area contributed by atoms with Crippen LogP contribution in [-0.4, -0.2) is 24.8 Å². The summed E-state index contributed by atoms with van der Waals surface area (Å²) in [7, 11) is 1.71. The van der Waals surface area contributed by atoms with Crippen LogP contribution in [0.25, 0.3) is 16.5 Å². The van der Waals surface area contributed by atoms with Crippen LogP contribution >= 0.6 is 0 Å². The number of rotatable bonds is 2. The zero-order valence-corrected chi connectivity index (χ0v) is 13.1. The van der Waals surface area contributed by atoms with E-state index in [0.29, 0.717) is 0 Å². The molecule has 1 unspecified atom stereocenters. The lowest BCUT2D eigenvalue weighted by Gasteiger charge is -2.24. The van der Waals surface area contributed by atoms with Crippen LogP contribution in [0.1, 0.15) is 31.5 Å². The van der Waals surface area contributed by atoms with Gasteiger partial charge in [0, 0.05) is 17.1 Å². The fourth-order valence-electron chi connectivity index (χ4n) is 2.92. The number of benzene rings is 1. The molecule has 3 rings (SSSR count). The Kier molecular flexibility index (Phi) is 3.68. The Hall–Kier alpha value is -1.87. The maximum absolute atomic E-state index is 5.69. The Bertz CT molecular complexity index is 718. The normalized spacial score (nSPS) is 19.1. The molecule has 3 nitrogen and oxygen atoms in total. The summed E-state index contributed by atoms with van der Waals surface area (Å²) in [6, 6.07) is 8.42. The summed E-state index contributed by atoms with van der Waals surface area (Å²) >= 11 is 0. The molecule has 110 valence electrons. The average Bonchev–Trinajstić information content (AvgIpc) is 2.48. The van der Waals surface area contributed by atoms with Crippen LogP contribution in [0.15, 0.2) is 29.8 Å². The molecule has 21 heavy (non-hydrogen) atoms. The van der Waals surface area contributed by atoms with Crippen LogP contribution in [0, 0.1) is 6.92 Å². The monoisotopic (exact) mass is 283 g/mol. The number of ether oxygens (including phenoxy) is 2. The van der Waals surface area contributed by atoms with Gasteiger partial charge in [-0.15, -0.1) is 0 Å². The van der Waals surface area contributed by atoms with Crippen molar-refractivity contribution in [2.75, 3.05) is 13.7 Å². The minimum absolute atomic E-state index is 0.275. The smallest absolute Gasteiger partial charge is 0.130 e. The van der Waals surface area contributed by atoms with Crippen molar-refractivity contribution in [1.82, 2.24) is 4.98 Å². The molecule has 0 saturated carbocycles. The van der Waals surface area contributed by atoms with Crippen molar-refractivity contribution in [2.45, 2.75) is 33.3 Å². The third-order valence-electron chi connectivity index (χ3n) is 4.06. The molecule has 1 aromatic heterocycles. The van der Waals surface area contributed by atoms with Crippen molar-refractivity contribution >= 4 is 16.5 Å². The molecule has 0 N–H and O–H groups in total. The lowest BCUT2D eigenvalue weighted by Crippen LogP contribution is -2.17. The van der Waals surface area contributed by atoms with E-state index in [-0.39, 0.29) is 6.10 Å². The number of pyridine rings is 1. The second kappa shape index (κ2) is 5.49. The van der Waals surface area contributed by atoms with E-state index in [1.165, 1.54) is 16.7 Å². The van der Waals surface area contributed by atoms with E-state index in [4.69, 9.17) is 9.47 Å². The first-order valence-corrected chi connectivity index (χ1v) is 7.34. The minimum Gasteiger partial charge on any atom is -0.496 e. The van der Waals surface area contributed by atoms with Crippen LogP contribution in [0.5, 0.6) is 5.75 Å². The summed E-state index contributed by atoms with van der Waals surface area (Å²) < 4.78 is 11.2. The van der Waals surface area contributed by atoms with Crippen LogP contribution < -0.4 is 4.74 Å². The zero-order valence-electron chi connectivity index (χ0n) is 13.1. The third kappa shape index (κ3) is 2.66. The molecule has 1 atom stereocenters. The molecule has 0 bridgehead atoms. The lowest BCUT2D eigenvalue weighted by molar-refractivity contribution is 0.0791. The topological polar surface area (TPSA) is 31.4 Å². The van der Waals surface area contributed by atoms with Crippen molar-refractivity contribution in [2.24, 2.45) is 0 Å². The third-order valence-corrected chi connectivity index (χ3v) is 4.06. The molecule has 0 spiro atoms. The van der Waals surface area contributed by atoms with E-state index in [2.05, 4.69) is 37.0 Å². The molecule has 0 fully saturated rings. The van der Waals surface area contributed by atoms with Crippen LogP contribution in [-0.2, 0) is 4.74 Å². The molecule has 3 heteroatoms. The summed E-state index contributed by atoms with van der Waals surface area (Å²) in [5.74, 6) is 0.887. The summed E-state index contributed by atoms with van der Waals surface area (Å²) in [6.45, 7) is 6.98. The van der Waals surface area contributed by atoms with Crippen molar-refractivity contribution in [3.05, 3.63) is 41.1 Å². The van der Waals surface area contributed by atoms with Gasteiger partial charge in [0.25, 0.3) is 0 Å². The molecule has 0 radical (unpaired) electrons. The first kappa shape index (κ1) is 14.1. The highest BCUT2D eigenvalue weighted by Gasteiger charge is 2.18. The first-order chi connectivity index (χ1) is 10.1. The van der Waals surface area contributed by atoms with E-state index in [0.717, 1.165) is 35.4 Å². The number of hydrogen-bond donors (Lipinski definition) is 0. The van der Waals surface area contributed by atoms with Crippen LogP contribution in [0.2, 0.25) is 0 Å². The molecule has 2 heterocycles. The molecule has 1 aliphatic heterocycles. The quantitative estimate of drug-likeness (QED) is 0.830. The second-order valence-corrected chi connectivity index (χ2v) is 5.78. The zero-order chi connectivity index (χ0) is 15.0. The molecule has 0 amide bonds. The van der Waals surface area contributed by atoms with E-state index >= 15 is 0 Å². The van der Waals surface area contributed by atoms with Crippen molar-refractivity contribution < 1.29 is 9.47 Å². The summed E-state index contributed by atoms with van der Waals surface area (Å²) in [5, 5.41) is 1.07. The molecule has 0 aliphatic carbocycles. The van der Waals surface area contributed by atoms with Gasteiger partial charge in [-0.2, -0.15) is 0 Å². The van der Waals surface area contributed by atoms with Gasteiger partial charge >= 0.3 is 0 Å². The van der Waals surface area contributed by atoms with Crippen molar-refractivity contribution in [3.63, 3.8) is 0 Å². The van der Waals surface area contributed by atoms with Gasteiger partial charge in [0.1, 0.15) is 5.75 Å². The van der Waals surface area contributed by atoms with Gasteiger partial charge in [-0.05, 0) is 56.0 Å². The SMILES string of the molecule is COc1cc(C)nc2ccc(C3=C(C)COC(C)C3)cc12. The van der Waals surface area contributed by atoms with Crippen LogP contribution in [0.3, 0.4) is 0 Å². The molecular formula is C18H21NO2. The summed E-state index contributed by atoms with van der Waals surface area (Å²) in [5.41, 5.74) is 5.90. The lowest BCUT2D eigenvalue weighted by atomic mass is 9.93. The number of methoxy groups -OCH3 is 1. The van der Waals surface area contributed by atoms with Gasteiger partial charge < -0.3 is 9.47 Å². The number of hydrogen-bond acceptors (Lipinski definition) is 3. The minimum atomic E-state index is 0.275. The van der Waals surface area contributed by atoms with E-state index in [1.807, 2.05) is 13.0 Å². The molecule has 0 saturated heterocycles. The highest BCUT2D eigenvalue weighted by molar-refractivity contribution is 5.89. The fourth-order valence-corrected chi connectivity index (χ4v) is 2.92. The first-order valence-electron chi connectivity index (χ1n) is 7.34. The van der Waals surface area contributed by atoms with Crippen LogP contribution in [0.4, 0.5) is 0 Å². The Balaban J connectivity index is 2.15. The van der Waals surface area contributed by atoms with Crippen molar-refractivity contribution in [3.8, 4) is 5.75 Å². The largest absolute Gasteiger partial charge is 0.496 e. The number of fused-ring (bicyclic) bond motifs is 1.